The first-order valence-corrected chi connectivity index (χ1v) is 15.7. The molecule has 1 fully saturated rings. The minimum Gasteiger partial charge on any atom is -0.463 e. The molecule has 5 rings (SSSR count). The van der Waals surface area contributed by atoms with Gasteiger partial charge in [0, 0.05) is 27.7 Å². The van der Waals surface area contributed by atoms with E-state index in [0.29, 0.717) is 0 Å². The summed E-state index contributed by atoms with van der Waals surface area (Å²) in [4.78, 5) is 46.1. The van der Waals surface area contributed by atoms with Crippen molar-refractivity contribution in [1.29, 1.82) is 0 Å². The van der Waals surface area contributed by atoms with Crippen LogP contribution < -0.4 is 0 Å². The maximum atomic E-state index is 11.6. The first-order valence-electron chi connectivity index (χ1n) is 15.7. The van der Waals surface area contributed by atoms with Gasteiger partial charge in [-0.2, -0.15) is 0 Å². The summed E-state index contributed by atoms with van der Waals surface area (Å²) in [6.45, 7) is 7.35. The molecule has 256 valence electrons. The van der Waals surface area contributed by atoms with Gasteiger partial charge in [0.25, 0.3) is 0 Å². The molecular weight excluding hydrogens is 616 g/mol. The molecule has 0 spiro atoms. The highest BCUT2D eigenvalue weighted by Crippen LogP contribution is 2.46. The molecule has 0 aliphatic carbocycles. The minimum atomic E-state index is -0.806. The van der Waals surface area contributed by atoms with Crippen LogP contribution in [0.5, 0.6) is 0 Å². The Morgan fingerprint density at radius 1 is 0.745 bits per heavy atom. The number of carbonyl (C=O) groups is 4. The Labute approximate surface area is 273 Å². The first kappa shape index (κ1) is 34.7. The van der Waals surface area contributed by atoms with E-state index in [9.17, 15) is 19.2 Å². The van der Waals surface area contributed by atoms with E-state index in [4.69, 9.17) is 42.6 Å². The lowest BCUT2D eigenvalue weighted by molar-refractivity contribution is -0.202. The molecular formula is C34H42O13. The Morgan fingerprint density at radius 3 is 1.74 bits per heavy atom. The van der Waals surface area contributed by atoms with E-state index in [2.05, 4.69) is 19.1 Å². The van der Waals surface area contributed by atoms with Crippen LogP contribution in [-0.2, 0) is 87.0 Å². The van der Waals surface area contributed by atoms with Gasteiger partial charge in [-0.25, -0.2) is 0 Å². The van der Waals surface area contributed by atoms with Crippen molar-refractivity contribution in [3.05, 3.63) is 58.7 Å². The topological polar surface area (TPSA) is 151 Å². The fraction of sp³-hybridized carbons (Fsp3) is 0.588. The van der Waals surface area contributed by atoms with E-state index in [1.165, 1.54) is 33.3 Å². The number of hydrogen-bond acceptors (Lipinski definition) is 13. The van der Waals surface area contributed by atoms with Crippen LogP contribution in [0.1, 0.15) is 69.7 Å². The molecule has 4 aliphatic rings. The molecule has 13 nitrogen and oxygen atoms in total. The lowest BCUT2D eigenvalue weighted by Crippen LogP contribution is -2.42. The maximum Gasteiger partial charge on any atom is 0.303 e. The fourth-order valence-electron chi connectivity index (χ4n) is 6.23. The van der Waals surface area contributed by atoms with Crippen molar-refractivity contribution < 1.29 is 61.8 Å². The summed E-state index contributed by atoms with van der Waals surface area (Å²) >= 11 is 0. The lowest BCUT2D eigenvalue weighted by atomic mass is 9.86. The number of fused-ring (bicyclic) bond motifs is 4. The summed E-state index contributed by atoms with van der Waals surface area (Å²) in [6, 6.07) is 4.22. The summed E-state index contributed by atoms with van der Waals surface area (Å²) < 4.78 is 51.7. The van der Waals surface area contributed by atoms with Crippen molar-refractivity contribution in [2.24, 2.45) is 0 Å². The highest BCUT2D eigenvalue weighted by molar-refractivity contribution is 5.67. The van der Waals surface area contributed by atoms with Gasteiger partial charge < -0.3 is 42.6 Å². The Kier molecular flexibility index (Phi) is 11.1. The van der Waals surface area contributed by atoms with Crippen LogP contribution in [0, 0.1) is 0 Å². The summed E-state index contributed by atoms with van der Waals surface area (Å²) in [6.07, 6.45) is 4.91. The van der Waals surface area contributed by atoms with Gasteiger partial charge in [-0.1, -0.05) is 6.07 Å². The zero-order valence-electron chi connectivity index (χ0n) is 27.3. The van der Waals surface area contributed by atoms with Gasteiger partial charge in [0.05, 0.1) is 24.9 Å². The maximum absolute atomic E-state index is 11.6. The number of rotatable bonds is 12. The second kappa shape index (κ2) is 15.1. The molecule has 47 heavy (non-hydrogen) atoms. The Bertz CT molecular complexity index is 1400. The number of hydrogen-bond donors (Lipinski definition) is 0. The molecule has 0 unspecified atom stereocenters. The SMILES string of the molecule is CC(=O)OC[C@H]1O[C@H](OCc2cc3c(cc2CO[C@@H]2C=C[C@H](OC(C)=O)[C@@H](COC(C)=O)O2)[C@@]2(C)CC[C@@H](C3)O2)C=C[C@@H]1OC(C)=O. The average molecular weight is 659 g/mol. The van der Waals surface area contributed by atoms with E-state index in [1.807, 2.05) is 0 Å². The third kappa shape index (κ3) is 9.05. The molecule has 4 heterocycles. The van der Waals surface area contributed by atoms with Gasteiger partial charge >= 0.3 is 23.9 Å². The van der Waals surface area contributed by atoms with E-state index < -0.39 is 66.5 Å². The van der Waals surface area contributed by atoms with Crippen molar-refractivity contribution in [1.82, 2.24) is 0 Å². The van der Waals surface area contributed by atoms with Gasteiger partial charge in [-0.05, 0) is 78.8 Å². The predicted molar refractivity (Wildman–Crippen MR) is 161 cm³/mol. The highest BCUT2D eigenvalue weighted by atomic mass is 16.7. The molecule has 13 heteroatoms. The fourth-order valence-corrected chi connectivity index (χ4v) is 6.23. The van der Waals surface area contributed by atoms with Gasteiger partial charge in [0.2, 0.25) is 0 Å². The van der Waals surface area contributed by atoms with Gasteiger partial charge in [-0.15, -0.1) is 0 Å². The van der Waals surface area contributed by atoms with Crippen molar-refractivity contribution in [3.63, 3.8) is 0 Å². The minimum absolute atomic E-state index is 0.110. The summed E-state index contributed by atoms with van der Waals surface area (Å²) in [5, 5.41) is 0. The van der Waals surface area contributed by atoms with Crippen molar-refractivity contribution in [2.45, 2.75) is 116 Å². The molecule has 1 aromatic carbocycles. The van der Waals surface area contributed by atoms with Crippen molar-refractivity contribution in [3.8, 4) is 0 Å². The summed E-state index contributed by atoms with van der Waals surface area (Å²) in [7, 11) is 0. The second-order valence-corrected chi connectivity index (χ2v) is 12.2. The highest BCUT2D eigenvalue weighted by Gasteiger charge is 2.43. The van der Waals surface area contributed by atoms with Crippen LogP contribution in [0.3, 0.4) is 0 Å². The molecule has 0 N–H and O–H groups in total. The molecule has 0 amide bonds. The summed E-state index contributed by atoms with van der Waals surface area (Å²) in [5.74, 6) is -1.95. The third-order valence-electron chi connectivity index (χ3n) is 8.39. The average Bonchev–Trinajstić information content (AvgIpc) is 3.33. The van der Waals surface area contributed by atoms with Gasteiger partial charge in [0.15, 0.2) is 12.6 Å². The third-order valence-corrected chi connectivity index (χ3v) is 8.39. The van der Waals surface area contributed by atoms with Gasteiger partial charge in [0.1, 0.15) is 37.6 Å². The monoisotopic (exact) mass is 658 g/mol. The van der Waals surface area contributed by atoms with E-state index in [0.717, 1.165) is 36.0 Å². The van der Waals surface area contributed by atoms with Crippen LogP contribution in [0.2, 0.25) is 0 Å². The molecule has 8 atom stereocenters. The quantitative estimate of drug-likeness (QED) is 0.184. The Morgan fingerprint density at radius 2 is 1.26 bits per heavy atom. The Hall–Kier alpha value is -3.62. The molecule has 2 bridgehead atoms. The molecule has 4 aliphatic heterocycles. The van der Waals surface area contributed by atoms with E-state index >= 15 is 0 Å². The van der Waals surface area contributed by atoms with Crippen LogP contribution in [0.15, 0.2) is 36.4 Å². The normalized spacial score (nSPS) is 30.7. The Balaban J connectivity index is 1.32. The van der Waals surface area contributed by atoms with E-state index in [-0.39, 0.29) is 32.5 Å². The largest absolute Gasteiger partial charge is 0.463 e. The number of esters is 4. The standard InChI is InChI=1S/C34H42O13/c1-19(35)39-17-30-28(43-21(3)37)6-8-32(45-30)41-15-24-12-23-13-26-10-11-34(5,47-26)27(23)14-25(24)16-42-33-9-7-29(44-22(4)38)31(46-33)18-40-20(2)36/h6-9,12,14,26,28-33H,10-11,13,15-18H2,1-5H3/t26-,28-,29-,30+,31+,32-,33-,34+/m0/s1. The molecule has 1 aromatic rings. The first-order chi connectivity index (χ1) is 22.4. The molecule has 0 radical (unpaired) electrons. The molecule has 0 saturated carbocycles. The predicted octanol–water partition coefficient (Wildman–Crippen LogP) is 3.22. The van der Waals surface area contributed by atoms with Crippen molar-refractivity contribution in [2.75, 3.05) is 13.2 Å². The van der Waals surface area contributed by atoms with Crippen LogP contribution in [0.4, 0.5) is 0 Å². The van der Waals surface area contributed by atoms with Gasteiger partial charge in [-0.3, -0.25) is 19.2 Å². The van der Waals surface area contributed by atoms with Crippen molar-refractivity contribution >= 4 is 23.9 Å². The van der Waals surface area contributed by atoms with Crippen LogP contribution in [0.25, 0.3) is 0 Å². The van der Waals surface area contributed by atoms with Crippen LogP contribution in [-0.4, -0.2) is 80.2 Å². The van der Waals surface area contributed by atoms with Crippen LogP contribution >= 0.6 is 0 Å². The number of carbonyl (C=O) groups excluding carboxylic acids is 4. The lowest BCUT2D eigenvalue weighted by Gasteiger charge is -2.35. The molecule has 0 aromatic heterocycles. The molecule has 1 saturated heterocycles. The number of ether oxygens (including phenoxy) is 9. The smallest absolute Gasteiger partial charge is 0.303 e. The summed E-state index contributed by atoms with van der Waals surface area (Å²) in [5.41, 5.74) is 3.62. The number of benzene rings is 1. The second-order valence-electron chi connectivity index (χ2n) is 12.2. The van der Waals surface area contributed by atoms with E-state index in [1.54, 1.807) is 24.3 Å². The zero-order chi connectivity index (χ0) is 33.7. The zero-order valence-corrected chi connectivity index (χ0v) is 27.3.